The van der Waals surface area contributed by atoms with E-state index in [1.54, 1.807) is 0 Å². The predicted octanol–water partition coefficient (Wildman–Crippen LogP) is 1.57. The highest BCUT2D eigenvalue weighted by Gasteiger charge is 2.24. The Morgan fingerprint density at radius 2 is 1.93 bits per heavy atom. The fraction of sp³-hybridized carbons (Fsp3) is 0.333. The number of halogens is 2. The molecule has 0 aromatic heterocycles. The van der Waals surface area contributed by atoms with Gasteiger partial charge in [-0.25, -0.2) is 21.9 Å². The lowest BCUT2D eigenvalue weighted by atomic mass is 10.2. The maximum atomic E-state index is 13.4. The molecular weight excluding hydrogens is 224 g/mol. The van der Waals surface area contributed by atoms with Gasteiger partial charge in [0.15, 0.2) is 4.90 Å². The second kappa shape index (κ2) is 4.24. The summed E-state index contributed by atoms with van der Waals surface area (Å²) in [6.45, 7) is 2.98. The smallest absolute Gasteiger partial charge is 0.211 e. The Balaban J connectivity index is 3.43. The molecule has 6 heteroatoms. The highest BCUT2D eigenvalue weighted by molar-refractivity contribution is 7.89. The maximum Gasteiger partial charge on any atom is 0.246 e. The summed E-state index contributed by atoms with van der Waals surface area (Å²) in [5, 5.41) is 0. The normalized spacial score (nSPS) is 11.7. The average Bonchev–Trinajstić information content (AvgIpc) is 2.11. The molecule has 84 valence electrons. The lowest BCUT2D eigenvalue weighted by molar-refractivity contribution is 0.510. The molecule has 15 heavy (non-hydrogen) atoms. The zero-order chi connectivity index (χ0) is 11.6. The van der Waals surface area contributed by atoms with Crippen molar-refractivity contribution >= 4 is 10.0 Å². The number of rotatable bonds is 3. The van der Waals surface area contributed by atoms with Gasteiger partial charge in [0.2, 0.25) is 10.0 Å². The van der Waals surface area contributed by atoms with Gasteiger partial charge in [0.05, 0.1) is 0 Å². The first-order valence-corrected chi connectivity index (χ1v) is 5.82. The van der Waals surface area contributed by atoms with Crippen LogP contribution < -0.4 is 4.72 Å². The maximum absolute atomic E-state index is 13.4. The lowest BCUT2D eigenvalue weighted by Crippen LogP contribution is -2.25. The summed E-state index contributed by atoms with van der Waals surface area (Å²) in [6, 6.07) is 2.12. The fourth-order valence-corrected chi connectivity index (χ4v) is 2.39. The molecule has 0 amide bonds. The third-order valence-electron chi connectivity index (χ3n) is 1.85. The van der Waals surface area contributed by atoms with Crippen LogP contribution in [0.4, 0.5) is 8.78 Å². The Labute approximate surface area is 87.2 Å². The minimum absolute atomic E-state index is 0.0785. The molecule has 0 saturated heterocycles. The predicted molar refractivity (Wildman–Crippen MR) is 52.0 cm³/mol. The summed E-state index contributed by atoms with van der Waals surface area (Å²) in [4.78, 5) is -0.913. The standard InChI is InChI=1S/C9H11F2NO2S/c1-3-12-15(13,14)9-7(10)5-4-6(2)8(9)11/h4-5,12H,3H2,1-2H3. The van der Waals surface area contributed by atoms with E-state index in [0.717, 1.165) is 6.07 Å². The van der Waals surface area contributed by atoms with E-state index in [4.69, 9.17) is 0 Å². The van der Waals surface area contributed by atoms with E-state index in [1.165, 1.54) is 19.9 Å². The van der Waals surface area contributed by atoms with Crippen molar-refractivity contribution in [3.8, 4) is 0 Å². The molecule has 1 rings (SSSR count). The Hall–Kier alpha value is -1.01. The van der Waals surface area contributed by atoms with E-state index in [0.29, 0.717) is 0 Å². The molecule has 0 bridgehead atoms. The topological polar surface area (TPSA) is 46.2 Å². The van der Waals surface area contributed by atoms with Crippen LogP contribution in [0, 0.1) is 18.6 Å². The zero-order valence-electron chi connectivity index (χ0n) is 8.34. The summed E-state index contributed by atoms with van der Waals surface area (Å²) < 4.78 is 51.5. The minimum Gasteiger partial charge on any atom is -0.211 e. The molecular formula is C9H11F2NO2S. The molecule has 0 spiro atoms. The van der Waals surface area contributed by atoms with Gasteiger partial charge in [0, 0.05) is 6.54 Å². The summed E-state index contributed by atoms with van der Waals surface area (Å²) in [6.07, 6.45) is 0. The van der Waals surface area contributed by atoms with Crippen LogP contribution in [0.5, 0.6) is 0 Å². The number of benzene rings is 1. The van der Waals surface area contributed by atoms with Crippen LogP contribution in [-0.2, 0) is 10.0 Å². The summed E-state index contributed by atoms with van der Waals surface area (Å²) in [5.74, 6) is -2.13. The molecule has 3 nitrogen and oxygen atoms in total. The van der Waals surface area contributed by atoms with Crippen LogP contribution in [0.15, 0.2) is 17.0 Å². The molecule has 0 radical (unpaired) electrons. The third kappa shape index (κ3) is 2.32. The van der Waals surface area contributed by atoms with Crippen molar-refractivity contribution < 1.29 is 17.2 Å². The number of hydrogen-bond acceptors (Lipinski definition) is 2. The van der Waals surface area contributed by atoms with E-state index in [1.807, 2.05) is 4.72 Å². The van der Waals surface area contributed by atoms with Gasteiger partial charge in [-0.05, 0) is 18.6 Å². The first-order valence-electron chi connectivity index (χ1n) is 4.34. The van der Waals surface area contributed by atoms with Gasteiger partial charge < -0.3 is 0 Å². The molecule has 0 heterocycles. The molecule has 0 aliphatic rings. The van der Waals surface area contributed by atoms with Crippen LogP contribution in [0.25, 0.3) is 0 Å². The van der Waals surface area contributed by atoms with E-state index < -0.39 is 26.6 Å². The van der Waals surface area contributed by atoms with Gasteiger partial charge in [-0.1, -0.05) is 13.0 Å². The van der Waals surface area contributed by atoms with Gasteiger partial charge >= 0.3 is 0 Å². The van der Waals surface area contributed by atoms with Gasteiger partial charge in [-0.3, -0.25) is 0 Å². The average molecular weight is 235 g/mol. The molecule has 1 aromatic carbocycles. The monoisotopic (exact) mass is 235 g/mol. The van der Waals surface area contributed by atoms with Crippen molar-refractivity contribution in [2.75, 3.05) is 6.54 Å². The van der Waals surface area contributed by atoms with Gasteiger partial charge in [0.1, 0.15) is 11.6 Å². The zero-order valence-corrected chi connectivity index (χ0v) is 9.16. The third-order valence-corrected chi connectivity index (χ3v) is 3.43. The minimum atomic E-state index is -4.09. The molecule has 1 N–H and O–H groups in total. The highest BCUT2D eigenvalue weighted by Crippen LogP contribution is 2.20. The van der Waals surface area contributed by atoms with Gasteiger partial charge in [0.25, 0.3) is 0 Å². The quantitative estimate of drug-likeness (QED) is 0.864. The van der Waals surface area contributed by atoms with Crippen LogP contribution in [0.3, 0.4) is 0 Å². The largest absolute Gasteiger partial charge is 0.246 e. The number of hydrogen-bond donors (Lipinski definition) is 1. The van der Waals surface area contributed by atoms with E-state index in [9.17, 15) is 17.2 Å². The molecule has 0 fully saturated rings. The SMILES string of the molecule is CCNS(=O)(=O)c1c(F)ccc(C)c1F. The summed E-state index contributed by atoms with van der Waals surface area (Å²) in [5.41, 5.74) is 0.0906. The molecule has 0 saturated carbocycles. The van der Waals surface area contributed by atoms with E-state index in [-0.39, 0.29) is 12.1 Å². The lowest BCUT2D eigenvalue weighted by Gasteiger charge is -2.08. The molecule has 1 aromatic rings. The van der Waals surface area contributed by atoms with Crippen molar-refractivity contribution in [2.45, 2.75) is 18.7 Å². The van der Waals surface area contributed by atoms with E-state index in [2.05, 4.69) is 0 Å². The first-order chi connectivity index (χ1) is 6.90. The van der Waals surface area contributed by atoms with Crippen molar-refractivity contribution in [3.63, 3.8) is 0 Å². The Bertz CT molecular complexity index is 471. The van der Waals surface area contributed by atoms with E-state index >= 15 is 0 Å². The molecule has 0 atom stereocenters. The van der Waals surface area contributed by atoms with Crippen molar-refractivity contribution in [1.82, 2.24) is 4.72 Å². The first kappa shape index (κ1) is 12.1. The van der Waals surface area contributed by atoms with Gasteiger partial charge in [-0.15, -0.1) is 0 Å². The Kier molecular flexibility index (Phi) is 3.41. The number of nitrogens with one attached hydrogen (secondary N) is 1. The molecule has 0 aliphatic carbocycles. The van der Waals surface area contributed by atoms with Crippen molar-refractivity contribution in [1.29, 1.82) is 0 Å². The van der Waals surface area contributed by atoms with Crippen LogP contribution in [0.1, 0.15) is 12.5 Å². The van der Waals surface area contributed by atoms with Gasteiger partial charge in [-0.2, -0.15) is 0 Å². The van der Waals surface area contributed by atoms with Crippen molar-refractivity contribution in [3.05, 3.63) is 29.3 Å². The second-order valence-corrected chi connectivity index (χ2v) is 4.71. The van der Waals surface area contributed by atoms with Crippen LogP contribution in [-0.4, -0.2) is 15.0 Å². The number of sulfonamides is 1. The Morgan fingerprint density at radius 3 is 2.47 bits per heavy atom. The van der Waals surface area contributed by atoms with Crippen molar-refractivity contribution in [2.24, 2.45) is 0 Å². The highest BCUT2D eigenvalue weighted by atomic mass is 32.2. The second-order valence-electron chi connectivity index (χ2n) is 3.01. The Morgan fingerprint density at radius 1 is 1.33 bits per heavy atom. The fourth-order valence-electron chi connectivity index (χ4n) is 1.14. The molecule has 0 unspecified atom stereocenters. The van der Waals surface area contributed by atoms with Crippen LogP contribution in [0.2, 0.25) is 0 Å². The molecule has 0 aliphatic heterocycles. The summed E-state index contributed by atoms with van der Waals surface area (Å²) in [7, 11) is -4.09. The van der Waals surface area contributed by atoms with Crippen LogP contribution >= 0.6 is 0 Å². The number of aryl methyl sites for hydroxylation is 1. The summed E-state index contributed by atoms with van der Waals surface area (Å²) >= 11 is 0.